The van der Waals surface area contributed by atoms with Gasteiger partial charge in [0, 0.05) is 21.8 Å². The molecule has 2 aromatic heterocycles. The molecule has 0 saturated heterocycles. The van der Waals surface area contributed by atoms with Crippen LogP contribution >= 0.6 is 27.3 Å². The lowest BCUT2D eigenvalue weighted by Crippen LogP contribution is -2.17. The maximum Gasteiger partial charge on any atom is 0.357 e. The van der Waals surface area contributed by atoms with Crippen molar-refractivity contribution in [2.45, 2.75) is 26.6 Å². The highest BCUT2D eigenvalue weighted by molar-refractivity contribution is 9.10. The molecule has 0 aliphatic heterocycles. The number of nitrogens with zero attached hydrogens (tertiary/aromatic N) is 3. The predicted molar refractivity (Wildman–Crippen MR) is 143 cm³/mol. The molecule has 190 valence electrons. The highest BCUT2D eigenvalue weighted by Gasteiger charge is 2.22. The monoisotopic (exact) mass is 582 g/mol. The van der Waals surface area contributed by atoms with Crippen molar-refractivity contribution in [2.24, 2.45) is 0 Å². The highest BCUT2D eigenvalue weighted by atomic mass is 79.9. The zero-order valence-electron chi connectivity index (χ0n) is 20.2. The van der Waals surface area contributed by atoms with Crippen molar-refractivity contribution in [2.75, 3.05) is 12.4 Å². The molecular formula is C26H23BrN4O5S. The summed E-state index contributed by atoms with van der Waals surface area (Å²) in [4.78, 5) is 29.9. The molecule has 4 rings (SSSR count). The van der Waals surface area contributed by atoms with Crippen LogP contribution in [0.1, 0.15) is 40.3 Å². The summed E-state index contributed by atoms with van der Waals surface area (Å²) >= 11 is 4.50. The number of hydrogen-bond acceptors (Lipinski definition) is 9. The number of ether oxygens (including phenoxy) is 3. The molecule has 0 saturated carbocycles. The van der Waals surface area contributed by atoms with Gasteiger partial charge in [-0.15, -0.1) is 5.10 Å². The van der Waals surface area contributed by atoms with Crippen molar-refractivity contribution in [1.82, 2.24) is 15.2 Å². The first-order valence-corrected chi connectivity index (χ1v) is 12.8. The summed E-state index contributed by atoms with van der Waals surface area (Å²) in [6.45, 7) is 3.81. The molecular weight excluding hydrogens is 560 g/mol. The first-order chi connectivity index (χ1) is 17.8. The van der Waals surface area contributed by atoms with Crippen molar-refractivity contribution in [3.8, 4) is 22.1 Å². The maximum atomic E-state index is 13.3. The number of benzene rings is 2. The lowest BCUT2D eigenvalue weighted by molar-refractivity contribution is 0.0370. The minimum absolute atomic E-state index is 0.0747. The summed E-state index contributed by atoms with van der Waals surface area (Å²) in [5.74, 6) is -0.534. The second-order valence-corrected chi connectivity index (χ2v) is 9.87. The van der Waals surface area contributed by atoms with Crippen LogP contribution in [0.3, 0.4) is 0 Å². The van der Waals surface area contributed by atoms with Crippen LogP contribution in [-0.2, 0) is 11.3 Å². The number of esters is 1. The Bertz CT molecular complexity index is 1410. The Balaban J connectivity index is 1.57. The number of aromatic nitrogens is 3. The van der Waals surface area contributed by atoms with Crippen LogP contribution in [0.4, 0.5) is 5.13 Å². The Kier molecular flexibility index (Phi) is 8.47. The van der Waals surface area contributed by atoms with Crippen molar-refractivity contribution < 1.29 is 23.8 Å². The quantitative estimate of drug-likeness (QED) is 0.247. The molecule has 2 aromatic carbocycles. The lowest BCUT2D eigenvalue weighted by Gasteiger charge is -2.14. The van der Waals surface area contributed by atoms with E-state index < -0.39 is 11.9 Å². The van der Waals surface area contributed by atoms with Gasteiger partial charge in [-0.1, -0.05) is 51.4 Å². The van der Waals surface area contributed by atoms with Gasteiger partial charge in [0.15, 0.2) is 0 Å². The average molecular weight is 583 g/mol. The molecule has 0 radical (unpaired) electrons. The number of carbonyl (C=O) groups excluding carboxylic acids is 2. The molecule has 0 atom stereocenters. The van der Waals surface area contributed by atoms with E-state index in [1.165, 1.54) is 19.4 Å². The van der Waals surface area contributed by atoms with E-state index in [9.17, 15) is 9.59 Å². The predicted octanol–water partition coefficient (Wildman–Crippen LogP) is 5.77. The van der Waals surface area contributed by atoms with Gasteiger partial charge in [0.1, 0.15) is 18.1 Å². The van der Waals surface area contributed by atoms with Crippen LogP contribution in [0.2, 0.25) is 0 Å². The summed E-state index contributed by atoms with van der Waals surface area (Å²) in [5.41, 5.74) is 2.33. The van der Waals surface area contributed by atoms with Crippen LogP contribution in [0.15, 0.2) is 65.3 Å². The number of anilines is 1. The molecule has 0 unspecified atom stereocenters. The molecule has 11 heteroatoms. The van der Waals surface area contributed by atoms with Crippen molar-refractivity contribution >= 4 is 44.3 Å². The maximum absolute atomic E-state index is 13.3. The van der Waals surface area contributed by atoms with Crippen molar-refractivity contribution in [1.29, 1.82) is 0 Å². The summed E-state index contributed by atoms with van der Waals surface area (Å²) in [6.07, 6.45) is 1.02. The Morgan fingerprint density at radius 2 is 1.81 bits per heavy atom. The molecule has 4 aromatic rings. The van der Waals surface area contributed by atoms with E-state index in [0.29, 0.717) is 28.7 Å². The van der Waals surface area contributed by atoms with Crippen molar-refractivity contribution in [3.05, 3.63) is 82.1 Å². The number of para-hydroxylation sites is 1. The first kappa shape index (κ1) is 26.2. The number of rotatable bonds is 9. The Morgan fingerprint density at radius 1 is 1.05 bits per heavy atom. The van der Waals surface area contributed by atoms with E-state index in [-0.39, 0.29) is 22.5 Å². The number of nitrogens with one attached hydrogen (secondary N) is 1. The van der Waals surface area contributed by atoms with Crippen LogP contribution < -0.4 is 14.8 Å². The molecule has 37 heavy (non-hydrogen) atoms. The standard InChI is InChI=1S/C26H23BrN4O5S/c1-15(2)36-24(33)21-12-19(18-6-4-5-7-22(18)34-3)20(13-28-21)23(32)29-25-30-31-26(37-25)35-14-16-8-10-17(27)11-9-16/h4-13,15H,14H2,1-3H3,(H,29,30,32). The van der Waals surface area contributed by atoms with Gasteiger partial charge < -0.3 is 14.2 Å². The molecule has 1 amide bonds. The second-order valence-electron chi connectivity index (χ2n) is 8.01. The fourth-order valence-electron chi connectivity index (χ4n) is 3.32. The topological polar surface area (TPSA) is 113 Å². The zero-order chi connectivity index (χ0) is 26.4. The molecule has 2 heterocycles. The third-order valence-electron chi connectivity index (χ3n) is 5.00. The van der Waals surface area contributed by atoms with Crippen LogP contribution in [0.5, 0.6) is 10.9 Å². The largest absolute Gasteiger partial charge is 0.496 e. The van der Waals surface area contributed by atoms with Gasteiger partial charge in [-0.25, -0.2) is 9.78 Å². The Labute approximate surface area is 226 Å². The number of amides is 1. The number of pyridine rings is 1. The third kappa shape index (κ3) is 6.69. The van der Waals surface area contributed by atoms with Crippen LogP contribution in [0, 0.1) is 0 Å². The van der Waals surface area contributed by atoms with E-state index in [1.807, 2.05) is 36.4 Å². The van der Waals surface area contributed by atoms with E-state index in [2.05, 4.69) is 36.4 Å². The van der Waals surface area contributed by atoms with Crippen LogP contribution in [-0.4, -0.2) is 40.3 Å². The van der Waals surface area contributed by atoms with Crippen LogP contribution in [0.25, 0.3) is 11.1 Å². The smallest absolute Gasteiger partial charge is 0.357 e. The third-order valence-corrected chi connectivity index (χ3v) is 6.28. The highest BCUT2D eigenvalue weighted by Crippen LogP contribution is 2.33. The minimum atomic E-state index is -0.588. The first-order valence-electron chi connectivity index (χ1n) is 11.2. The lowest BCUT2D eigenvalue weighted by atomic mass is 9.99. The van der Waals surface area contributed by atoms with E-state index in [4.69, 9.17) is 14.2 Å². The fraction of sp³-hybridized carbons (Fsp3) is 0.192. The van der Waals surface area contributed by atoms with Gasteiger partial charge in [-0.05, 0) is 55.0 Å². The van der Waals surface area contributed by atoms with Gasteiger partial charge in [0.05, 0.1) is 18.8 Å². The van der Waals surface area contributed by atoms with Crippen molar-refractivity contribution in [3.63, 3.8) is 0 Å². The summed E-state index contributed by atoms with van der Waals surface area (Å²) in [6, 6.07) is 16.4. The van der Waals surface area contributed by atoms with Gasteiger partial charge >= 0.3 is 5.97 Å². The number of halogens is 1. The number of carbonyl (C=O) groups is 2. The average Bonchev–Trinajstić information content (AvgIpc) is 3.34. The van der Waals surface area contributed by atoms with Gasteiger partial charge in [-0.3, -0.25) is 10.1 Å². The van der Waals surface area contributed by atoms with E-state index in [1.54, 1.807) is 26.0 Å². The second kappa shape index (κ2) is 11.9. The summed E-state index contributed by atoms with van der Waals surface area (Å²) in [7, 11) is 1.53. The normalized spacial score (nSPS) is 10.7. The Hall–Kier alpha value is -3.83. The number of methoxy groups -OCH3 is 1. The number of hydrogen-bond donors (Lipinski definition) is 1. The van der Waals surface area contributed by atoms with Gasteiger partial charge in [-0.2, -0.15) is 0 Å². The molecule has 1 N–H and O–H groups in total. The molecule has 0 bridgehead atoms. The SMILES string of the molecule is COc1ccccc1-c1cc(C(=O)OC(C)C)ncc1C(=O)Nc1nnc(OCc2ccc(Br)cc2)s1. The molecule has 0 spiro atoms. The zero-order valence-corrected chi connectivity index (χ0v) is 22.6. The fourth-order valence-corrected chi connectivity index (χ4v) is 4.18. The Morgan fingerprint density at radius 3 is 2.54 bits per heavy atom. The summed E-state index contributed by atoms with van der Waals surface area (Å²) in [5, 5.41) is 11.3. The van der Waals surface area contributed by atoms with E-state index in [0.717, 1.165) is 21.4 Å². The summed E-state index contributed by atoms with van der Waals surface area (Å²) < 4.78 is 17.4. The molecule has 9 nitrogen and oxygen atoms in total. The molecule has 0 aliphatic rings. The van der Waals surface area contributed by atoms with Gasteiger partial charge in [0.25, 0.3) is 11.1 Å². The molecule has 0 aliphatic carbocycles. The molecule has 0 fully saturated rings. The minimum Gasteiger partial charge on any atom is -0.496 e. The van der Waals surface area contributed by atoms with Gasteiger partial charge in [0.2, 0.25) is 5.13 Å². The van der Waals surface area contributed by atoms with E-state index >= 15 is 0 Å².